The molecule has 0 atom stereocenters. The largest absolute Gasteiger partial charge is 0.372 e. The fraction of sp³-hybridized carbons (Fsp3) is 0.231. The third kappa shape index (κ3) is 2.45. The van der Waals surface area contributed by atoms with Gasteiger partial charge in [0.2, 0.25) is 0 Å². The summed E-state index contributed by atoms with van der Waals surface area (Å²) in [6.07, 6.45) is 0. The van der Waals surface area contributed by atoms with Gasteiger partial charge in [-0.15, -0.1) is 0 Å². The summed E-state index contributed by atoms with van der Waals surface area (Å²) in [6, 6.07) is 5.04. The van der Waals surface area contributed by atoms with Crippen LogP contribution in [0.2, 0.25) is 0 Å². The number of rotatable bonds is 2. The molecule has 94 valence electrons. The van der Waals surface area contributed by atoms with Crippen molar-refractivity contribution < 1.29 is 4.39 Å². The first-order valence-corrected chi connectivity index (χ1v) is 6.59. The highest BCUT2D eigenvalue weighted by Crippen LogP contribution is 2.24. The molecule has 1 heterocycles. The number of hydrogen-bond donors (Lipinski definition) is 1. The molecule has 18 heavy (non-hydrogen) atoms. The summed E-state index contributed by atoms with van der Waals surface area (Å²) in [5.41, 5.74) is 2.19. The summed E-state index contributed by atoms with van der Waals surface area (Å²) < 4.78 is 14.5. The molecule has 0 saturated carbocycles. The number of benzene rings is 1. The van der Waals surface area contributed by atoms with Crippen LogP contribution in [0, 0.1) is 23.2 Å². The zero-order chi connectivity index (χ0) is 13.3. The number of aromatic nitrogens is 2. The number of nitrogens with one attached hydrogen (secondary N) is 1. The Balaban J connectivity index is 2.57. The lowest BCUT2D eigenvalue weighted by molar-refractivity contribution is 0.619. The number of hydrogen-bond acceptors (Lipinski definition) is 3. The van der Waals surface area contributed by atoms with Crippen LogP contribution in [-0.2, 0) is 0 Å². The predicted octanol–water partition coefficient (Wildman–Crippen LogP) is 3.55. The second-order valence-corrected chi connectivity index (χ2v) is 5.09. The first-order chi connectivity index (χ1) is 8.52. The average molecular weight is 357 g/mol. The zero-order valence-corrected chi connectivity index (χ0v) is 12.5. The van der Waals surface area contributed by atoms with E-state index >= 15 is 0 Å². The summed E-state index contributed by atoms with van der Waals surface area (Å²) in [6.45, 7) is 3.65. The van der Waals surface area contributed by atoms with Crippen LogP contribution in [0.15, 0.2) is 18.2 Å². The number of anilines is 1. The number of aryl methyl sites for hydroxylation is 2. The minimum atomic E-state index is -0.238. The van der Waals surface area contributed by atoms with Crippen molar-refractivity contribution in [3.63, 3.8) is 0 Å². The molecule has 2 aromatic rings. The van der Waals surface area contributed by atoms with Gasteiger partial charge in [0.1, 0.15) is 11.6 Å². The van der Waals surface area contributed by atoms with Crippen LogP contribution in [-0.4, -0.2) is 17.0 Å². The van der Waals surface area contributed by atoms with Gasteiger partial charge in [-0.25, -0.2) is 14.4 Å². The van der Waals surface area contributed by atoms with Crippen LogP contribution in [0.4, 0.5) is 10.2 Å². The van der Waals surface area contributed by atoms with E-state index in [0.29, 0.717) is 17.0 Å². The van der Waals surface area contributed by atoms with Crippen molar-refractivity contribution in [2.75, 3.05) is 12.4 Å². The molecule has 5 heteroatoms. The van der Waals surface area contributed by atoms with Gasteiger partial charge in [0.05, 0.1) is 9.26 Å². The first kappa shape index (κ1) is 13.2. The van der Waals surface area contributed by atoms with E-state index in [-0.39, 0.29) is 5.82 Å². The van der Waals surface area contributed by atoms with Crippen molar-refractivity contribution >= 4 is 28.4 Å². The molecule has 0 aliphatic heterocycles. The number of nitrogens with zero attached hydrogens (tertiary/aromatic N) is 2. The Kier molecular flexibility index (Phi) is 3.79. The van der Waals surface area contributed by atoms with Crippen molar-refractivity contribution in [3.8, 4) is 11.4 Å². The van der Waals surface area contributed by atoms with Gasteiger partial charge in [0.15, 0.2) is 5.82 Å². The maximum Gasteiger partial charge on any atom is 0.161 e. The standard InChI is InChI=1S/C13H13FIN3/c1-7-4-5-9(6-10(7)14)12-17-8(2)11(15)13(16-3)18-12/h4-6H,1-3H3,(H,16,17,18). The lowest BCUT2D eigenvalue weighted by atomic mass is 10.1. The van der Waals surface area contributed by atoms with E-state index in [2.05, 4.69) is 37.9 Å². The van der Waals surface area contributed by atoms with Crippen LogP contribution >= 0.6 is 22.6 Å². The van der Waals surface area contributed by atoms with Gasteiger partial charge in [-0.3, -0.25) is 0 Å². The Morgan fingerprint density at radius 3 is 2.56 bits per heavy atom. The molecule has 0 aliphatic rings. The molecule has 1 N–H and O–H groups in total. The monoisotopic (exact) mass is 357 g/mol. The zero-order valence-electron chi connectivity index (χ0n) is 10.4. The highest BCUT2D eigenvalue weighted by atomic mass is 127. The van der Waals surface area contributed by atoms with Crippen LogP contribution in [0.1, 0.15) is 11.3 Å². The van der Waals surface area contributed by atoms with Crippen molar-refractivity contribution in [2.24, 2.45) is 0 Å². The van der Waals surface area contributed by atoms with Crippen LogP contribution in [0.3, 0.4) is 0 Å². The lowest BCUT2D eigenvalue weighted by Gasteiger charge is -2.09. The Labute approximate surface area is 119 Å². The third-order valence-electron chi connectivity index (χ3n) is 2.68. The second-order valence-electron chi connectivity index (χ2n) is 4.01. The van der Waals surface area contributed by atoms with Crippen molar-refractivity contribution in [3.05, 3.63) is 38.8 Å². The highest BCUT2D eigenvalue weighted by Gasteiger charge is 2.10. The van der Waals surface area contributed by atoms with E-state index in [9.17, 15) is 4.39 Å². The van der Waals surface area contributed by atoms with Gasteiger partial charge >= 0.3 is 0 Å². The Hall–Kier alpha value is -1.24. The third-order valence-corrected chi connectivity index (χ3v) is 3.98. The second kappa shape index (κ2) is 5.17. The normalized spacial score (nSPS) is 10.5. The average Bonchev–Trinajstić information content (AvgIpc) is 2.36. The van der Waals surface area contributed by atoms with E-state index in [1.807, 2.05) is 20.0 Å². The topological polar surface area (TPSA) is 37.8 Å². The quantitative estimate of drug-likeness (QED) is 0.836. The summed E-state index contributed by atoms with van der Waals surface area (Å²) in [4.78, 5) is 8.79. The molecule has 0 bridgehead atoms. The molecule has 0 radical (unpaired) electrons. The molecule has 0 spiro atoms. The summed E-state index contributed by atoms with van der Waals surface area (Å²) >= 11 is 2.19. The molecule has 0 amide bonds. The van der Waals surface area contributed by atoms with E-state index in [0.717, 1.165) is 15.1 Å². The van der Waals surface area contributed by atoms with Crippen molar-refractivity contribution in [1.29, 1.82) is 0 Å². The van der Waals surface area contributed by atoms with E-state index in [1.54, 1.807) is 13.0 Å². The Morgan fingerprint density at radius 2 is 1.94 bits per heavy atom. The van der Waals surface area contributed by atoms with E-state index < -0.39 is 0 Å². The van der Waals surface area contributed by atoms with E-state index in [4.69, 9.17) is 0 Å². The molecule has 0 fully saturated rings. The lowest BCUT2D eigenvalue weighted by Crippen LogP contribution is -2.03. The van der Waals surface area contributed by atoms with Crippen molar-refractivity contribution in [2.45, 2.75) is 13.8 Å². The SMILES string of the molecule is CNc1nc(-c2ccc(C)c(F)c2)nc(C)c1I. The summed E-state index contributed by atoms with van der Waals surface area (Å²) in [7, 11) is 1.81. The van der Waals surface area contributed by atoms with Gasteiger partial charge < -0.3 is 5.32 Å². The fourth-order valence-electron chi connectivity index (χ4n) is 1.59. The Bertz CT molecular complexity index is 599. The maximum atomic E-state index is 13.6. The van der Waals surface area contributed by atoms with Crippen LogP contribution in [0.25, 0.3) is 11.4 Å². The minimum Gasteiger partial charge on any atom is -0.372 e. The summed E-state index contributed by atoms with van der Waals surface area (Å²) in [5, 5.41) is 3.02. The summed E-state index contributed by atoms with van der Waals surface area (Å²) in [5.74, 6) is 1.06. The van der Waals surface area contributed by atoms with Gasteiger partial charge in [-0.2, -0.15) is 0 Å². The predicted molar refractivity (Wildman–Crippen MR) is 79.2 cm³/mol. The maximum absolute atomic E-state index is 13.6. The molecule has 0 unspecified atom stereocenters. The molecular weight excluding hydrogens is 344 g/mol. The molecule has 3 nitrogen and oxygen atoms in total. The van der Waals surface area contributed by atoms with Gasteiger partial charge in [-0.05, 0) is 48.1 Å². The van der Waals surface area contributed by atoms with E-state index in [1.165, 1.54) is 6.07 Å². The minimum absolute atomic E-state index is 0.238. The van der Waals surface area contributed by atoms with Crippen LogP contribution in [0.5, 0.6) is 0 Å². The fourth-order valence-corrected chi connectivity index (χ4v) is 2.10. The molecular formula is C13H13FIN3. The highest BCUT2D eigenvalue weighted by molar-refractivity contribution is 14.1. The molecule has 2 rings (SSSR count). The first-order valence-electron chi connectivity index (χ1n) is 5.51. The Morgan fingerprint density at radius 1 is 1.22 bits per heavy atom. The van der Waals surface area contributed by atoms with Crippen molar-refractivity contribution in [1.82, 2.24) is 9.97 Å². The molecule has 0 aliphatic carbocycles. The smallest absolute Gasteiger partial charge is 0.161 e. The molecule has 1 aromatic carbocycles. The van der Waals surface area contributed by atoms with Gasteiger partial charge in [0, 0.05) is 12.6 Å². The molecule has 0 saturated heterocycles. The van der Waals surface area contributed by atoms with Gasteiger partial charge in [0.25, 0.3) is 0 Å². The van der Waals surface area contributed by atoms with Gasteiger partial charge in [-0.1, -0.05) is 12.1 Å². The molecule has 1 aromatic heterocycles. The number of halogens is 2. The van der Waals surface area contributed by atoms with Crippen LogP contribution < -0.4 is 5.32 Å².